The lowest BCUT2D eigenvalue weighted by molar-refractivity contribution is 0.0916. The second kappa shape index (κ2) is 9.62. The van der Waals surface area contributed by atoms with Crippen molar-refractivity contribution in [1.82, 2.24) is 14.9 Å². The van der Waals surface area contributed by atoms with Crippen LogP contribution in [0.3, 0.4) is 0 Å². The molecule has 0 fully saturated rings. The van der Waals surface area contributed by atoms with Crippen LogP contribution in [0.5, 0.6) is 5.75 Å². The zero-order chi connectivity index (χ0) is 20.8. The molecule has 1 unspecified atom stereocenters. The van der Waals surface area contributed by atoms with Crippen molar-refractivity contribution >= 4 is 17.7 Å². The number of aromatic nitrogens is 2. The van der Waals surface area contributed by atoms with Crippen LogP contribution in [-0.2, 0) is 0 Å². The topological polar surface area (TPSA) is 76.4 Å². The fourth-order valence-electron chi connectivity index (χ4n) is 2.88. The van der Waals surface area contributed by atoms with E-state index in [0.717, 1.165) is 22.2 Å². The lowest BCUT2D eigenvalue weighted by Crippen LogP contribution is -2.28. The van der Waals surface area contributed by atoms with Gasteiger partial charge in [0.1, 0.15) is 5.75 Å². The van der Waals surface area contributed by atoms with E-state index in [1.807, 2.05) is 55.1 Å². The zero-order valence-corrected chi connectivity index (χ0v) is 17.5. The molecule has 3 rings (SSSR count). The summed E-state index contributed by atoms with van der Waals surface area (Å²) in [5.41, 5.74) is 2.11. The normalized spacial score (nSPS) is 12.0. The van der Waals surface area contributed by atoms with E-state index in [9.17, 15) is 9.90 Å². The van der Waals surface area contributed by atoms with Gasteiger partial charge in [-0.05, 0) is 56.0 Å². The number of imidazole rings is 1. The average molecular weight is 412 g/mol. The van der Waals surface area contributed by atoms with Crippen molar-refractivity contribution in [3.8, 4) is 11.4 Å². The Hall–Kier alpha value is -2.77. The number of rotatable bonds is 8. The number of amides is 1. The van der Waals surface area contributed by atoms with Gasteiger partial charge in [0, 0.05) is 30.2 Å². The summed E-state index contributed by atoms with van der Waals surface area (Å²) in [5, 5.41) is 14.0. The first-order valence-electron chi connectivity index (χ1n) is 9.38. The second-order valence-corrected chi connectivity index (χ2v) is 7.57. The van der Waals surface area contributed by atoms with Gasteiger partial charge in [0.25, 0.3) is 5.91 Å². The summed E-state index contributed by atoms with van der Waals surface area (Å²) < 4.78 is 7.53. The summed E-state index contributed by atoms with van der Waals surface area (Å²) in [7, 11) is 0. The summed E-state index contributed by atoms with van der Waals surface area (Å²) in [4.78, 5) is 16.8. The maximum atomic E-state index is 12.6. The molecule has 2 aromatic carbocycles. The number of thioether (sulfide) groups is 1. The summed E-state index contributed by atoms with van der Waals surface area (Å²) in [6, 6.07) is 14.6. The number of hydrogen-bond donors (Lipinski definition) is 2. The molecule has 1 amide bonds. The Bertz CT molecular complexity index is 954. The Balaban J connectivity index is 1.62. The summed E-state index contributed by atoms with van der Waals surface area (Å²) in [6.07, 6.45) is 4.84. The van der Waals surface area contributed by atoms with Crippen molar-refractivity contribution in [3.63, 3.8) is 0 Å². The second-order valence-electron chi connectivity index (χ2n) is 6.80. The lowest BCUT2D eigenvalue weighted by atomic mass is 10.1. The molecule has 0 aliphatic carbocycles. The third-order valence-electron chi connectivity index (χ3n) is 4.27. The number of carbonyl (C=O) groups is 1. The highest BCUT2D eigenvalue weighted by atomic mass is 32.2. The molecule has 0 bridgehead atoms. The van der Waals surface area contributed by atoms with E-state index in [1.165, 1.54) is 11.8 Å². The van der Waals surface area contributed by atoms with Gasteiger partial charge in [-0.2, -0.15) is 0 Å². The Morgan fingerprint density at radius 3 is 2.69 bits per heavy atom. The van der Waals surface area contributed by atoms with Crippen LogP contribution in [0.15, 0.2) is 66.1 Å². The van der Waals surface area contributed by atoms with E-state index in [-0.39, 0.29) is 18.6 Å². The highest BCUT2D eigenvalue weighted by Crippen LogP contribution is 2.20. The van der Waals surface area contributed by atoms with Crippen molar-refractivity contribution in [1.29, 1.82) is 0 Å². The highest BCUT2D eigenvalue weighted by molar-refractivity contribution is 7.98. The van der Waals surface area contributed by atoms with Crippen LogP contribution in [-0.4, -0.2) is 39.5 Å². The maximum absolute atomic E-state index is 12.6. The number of aliphatic hydroxyl groups is 1. The molecule has 0 aliphatic rings. The van der Waals surface area contributed by atoms with E-state index < -0.39 is 6.10 Å². The van der Waals surface area contributed by atoms with E-state index in [1.54, 1.807) is 30.5 Å². The van der Waals surface area contributed by atoms with Crippen molar-refractivity contribution < 1.29 is 14.6 Å². The van der Waals surface area contributed by atoms with Gasteiger partial charge in [-0.25, -0.2) is 4.98 Å². The number of carbonyl (C=O) groups excluding carboxylic acids is 1. The monoisotopic (exact) mass is 411 g/mol. The Morgan fingerprint density at radius 2 is 2.00 bits per heavy atom. The van der Waals surface area contributed by atoms with Crippen molar-refractivity contribution in [2.45, 2.75) is 31.2 Å². The number of nitrogens with one attached hydrogen (secondary N) is 1. The first-order valence-corrected chi connectivity index (χ1v) is 10.6. The van der Waals surface area contributed by atoms with Crippen LogP contribution < -0.4 is 10.1 Å². The number of aliphatic hydroxyl groups excluding tert-OH is 1. The molecule has 0 radical (unpaired) electrons. The van der Waals surface area contributed by atoms with E-state index in [4.69, 9.17) is 4.74 Å². The minimum absolute atomic E-state index is 0.0927. The quantitative estimate of drug-likeness (QED) is 0.551. The van der Waals surface area contributed by atoms with Gasteiger partial charge >= 0.3 is 0 Å². The highest BCUT2D eigenvalue weighted by Gasteiger charge is 2.13. The third-order valence-corrected chi connectivity index (χ3v) is 4.94. The Labute approximate surface area is 174 Å². The SMILES string of the molecule is CSc1nccn1-c1cccc(C(=O)NCC(O)c2ccc(OC(C)C)cc2)c1. The Kier molecular flexibility index (Phi) is 6.95. The van der Waals surface area contributed by atoms with Gasteiger partial charge in [-0.3, -0.25) is 9.36 Å². The van der Waals surface area contributed by atoms with Crippen LogP contribution in [0.1, 0.15) is 35.9 Å². The summed E-state index contributed by atoms with van der Waals surface area (Å²) in [5.74, 6) is 0.511. The van der Waals surface area contributed by atoms with Crippen LogP contribution in [0.4, 0.5) is 0 Å². The molecule has 2 N–H and O–H groups in total. The number of nitrogens with zero attached hydrogens (tertiary/aromatic N) is 2. The fourth-order valence-corrected chi connectivity index (χ4v) is 3.41. The van der Waals surface area contributed by atoms with Gasteiger partial charge < -0.3 is 15.2 Å². The van der Waals surface area contributed by atoms with Crippen LogP contribution in [0.25, 0.3) is 5.69 Å². The number of hydrogen-bond acceptors (Lipinski definition) is 5. The van der Waals surface area contributed by atoms with Gasteiger partial charge in [0.2, 0.25) is 0 Å². The molecule has 0 saturated heterocycles. The number of ether oxygens (including phenoxy) is 1. The lowest BCUT2D eigenvalue weighted by Gasteiger charge is -2.14. The molecule has 0 saturated carbocycles. The van der Waals surface area contributed by atoms with Crippen molar-refractivity contribution in [2.24, 2.45) is 0 Å². The molecule has 0 spiro atoms. The van der Waals surface area contributed by atoms with Crippen LogP contribution in [0.2, 0.25) is 0 Å². The standard InChI is InChI=1S/C22H25N3O3S/c1-15(2)28-19-9-7-16(8-10-19)20(26)14-24-21(27)17-5-4-6-18(13-17)25-12-11-23-22(25)29-3/h4-13,15,20,26H,14H2,1-3H3,(H,24,27). The molecule has 29 heavy (non-hydrogen) atoms. The predicted molar refractivity (Wildman–Crippen MR) is 115 cm³/mol. The largest absolute Gasteiger partial charge is 0.491 e. The molecular formula is C22H25N3O3S. The molecule has 7 heteroatoms. The smallest absolute Gasteiger partial charge is 0.251 e. The van der Waals surface area contributed by atoms with E-state index in [2.05, 4.69) is 10.3 Å². The van der Waals surface area contributed by atoms with E-state index in [0.29, 0.717) is 5.56 Å². The molecule has 152 valence electrons. The average Bonchev–Trinajstić information content (AvgIpc) is 3.21. The van der Waals surface area contributed by atoms with Gasteiger partial charge in [-0.15, -0.1) is 0 Å². The fraction of sp³-hybridized carbons (Fsp3) is 0.273. The van der Waals surface area contributed by atoms with Crippen LogP contribution >= 0.6 is 11.8 Å². The summed E-state index contributed by atoms with van der Waals surface area (Å²) in [6.45, 7) is 4.04. The third kappa shape index (κ3) is 5.40. The first kappa shape index (κ1) is 21.0. The molecule has 0 aliphatic heterocycles. The van der Waals surface area contributed by atoms with Crippen molar-refractivity contribution in [3.05, 3.63) is 72.1 Å². The van der Waals surface area contributed by atoms with Crippen molar-refractivity contribution in [2.75, 3.05) is 12.8 Å². The van der Waals surface area contributed by atoms with Gasteiger partial charge in [-0.1, -0.05) is 30.0 Å². The predicted octanol–water partition coefficient (Wildman–Crippen LogP) is 3.84. The van der Waals surface area contributed by atoms with Gasteiger partial charge in [0.05, 0.1) is 12.2 Å². The molecule has 1 aromatic heterocycles. The van der Waals surface area contributed by atoms with Gasteiger partial charge in [0.15, 0.2) is 5.16 Å². The molecule has 3 aromatic rings. The number of benzene rings is 2. The van der Waals surface area contributed by atoms with E-state index >= 15 is 0 Å². The molecule has 6 nitrogen and oxygen atoms in total. The molecule has 1 heterocycles. The molecule has 1 atom stereocenters. The van der Waals surface area contributed by atoms with Crippen LogP contribution in [0, 0.1) is 0 Å². The zero-order valence-electron chi connectivity index (χ0n) is 16.7. The first-order chi connectivity index (χ1) is 14.0. The summed E-state index contributed by atoms with van der Waals surface area (Å²) >= 11 is 1.54. The molecular weight excluding hydrogens is 386 g/mol. The maximum Gasteiger partial charge on any atom is 0.251 e. The minimum Gasteiger partial charge on any atom is -0.491 e. The Morgan fingerprint density at radius 1 is 1.24 bits per heavy atom. The minimum atomic E-state index is -0.799.